The predicted molar refractivity (Wildman–Crippen MR) is 89.9 cm³/mol. The molecule has 0 saturated heterocycles. The van der Waals surface area contributed by atoms with Crippen LogP contribution in [0.15, 0.2) is 16.9 Å². The highest BCUT2D eigenvalue weighted by Gasteiger charge is 2.34. The molecule has 148 valence electrons. The zero-order chi connectivity index (χ0) is 20.5. The number of ether oxygens (including phenoxy) is 1. The van der Waals surface area contributed by atoms with Crippen LogP contribution in [0.4, 0.5) is 13.2 Å². The number of alkyl halides is 3. The minimum Gasteiger partial charge on any atom is -0.465 e. The summed E-state index contributed by atoms with van der Waals surface area (Å²) in [6.45, 7) is 2.73. The van der Waals surface area contributed by atoms with E-state index in [0.717, 1.165) is 19.1 Å². The molecule has 0 amide bonds. The Balaban J connectivity index is 2.51. The van der Waals surface area contributed by atoms with Gasteiger partial charge in [-0.2, -0.15) is 18.0 Å². The maximum Gasteiger partial charge on any atom is 0.455 e. The van der Waals surface area contributed by atoms with E-state index >= 15 is 0 Å². The Labute approximate surface area is 160 Å². The first-order valence-electron chi connectivity index (χ1n) is 7.55. The maximum absolute atomic E-state index is 14.3. The molecule has 27 heavy (non-hydrogen) atoms. The van der Waals surface area contributed by atoms with Gasteiger partial charge in [-0.15, -0.1) is 16.7 Å². The lowest BCUT2D eigenvalue weighted by atomic mass is 10.1. The number of nitrogens with zero attached hydrogens (tertiary/aromatic N) is 3. The monoisotopic (exact) mass is 427 g/mol. The van der Waals surface area contributed by atoms with E-state index in [1.54, 1.807) is 6.92 Å². The van der Waals surface area contributed by atoms with Gasteiger partial charge in [0.15, 0.2) is 5.82 Å². The van der Waals surface area contributed by atoms with Gasteiger partial charge < -0.3 is 9.84 Å². The molecule has 2 aromatic rings. The van der Waals surface area contributed by atoms with Crippen LogP contribution in [0.5, 0.6) is 0 Å². The van der Waals surface area contributed by atoms with E-state index in [4.69, 9.17) is 33.0 Å². The molecule has 7 nitrogen and oxygen atoms in total. The van der Waals surface area contributed by atoms with Crippen LogP contribution in [0.3, 0.4) is 0 Å². The zero-order valence-corrected chi connectivity index (χ0v) is 15.6. The topological polar surface area (TPSA) is 86.3 Å². The summed E-state index contributed by atoms with van der Waals surface area (Å²) in [5.41, 5.74) is -1.81. The second-order valence-corrected chi connectivity index (χ2v) is 6.34. The normalized spacial score (nSPS) is 12.9. The van der Waals surface area contributed by atoms with Gasteiger partial charge in [0, 0.05) is 11.4 Å². The summed E-state index contributed by atoms with van der Waals surface area (Å²) in [4.78, 5) is 23.8. The lowest BCUT2D eigenvalue weighted by Gasteiger charge is -2.12. The van der Waals surface area contributed by atoms with Crippen LogP contribution in [-0.4, -0.2) is 37.4 Å². The van der Waals surface area contributed by atoms with Crippen molar-refractivity contribution in [1.29, 1.82) is 0 Å². The first kappa shape index (κ1) is 21.3. The molecule has 2 rings (SSSR count). The van der Waals surface area contributed by atoms with Crippen LogP contribution in [0.25, 0.3) is 5.69 Å². The third-order valence-corrected chi connectivity index (χ3v) is 4.18. The molecule has 1 unspecified atom stereocenters. The molecule has 1 aromatic carbocycles. The lowest BCUT2D eigenvalue weighted by Crippen LogP contribution is -2.35. The second kappa shape index (κ2) is 7.91. The van der Waals surface area contributed by atoms with Crippen LogP contribution >= 0.6 is 23.2 Å². The quantitative estimate of drug-likeness (QED) is 0.564. The third-order valence-electron chi connectivity index (χ3n) is 3.50. The number of halogens is 5. The van der Waals surface area contributed by atoms with Gasteiger partial charge in [-0.25, -0.2) is 9.18 Å². The first-order chi connectivity index (χ1) is 12.5. The van der Waals surface area contributed by atoms with Crippen LogP contribution in [-0.2, 0) is 22.2 Å². The number of hydrogen-bond acceptors (Lipinski definition) is 5. The van der Waals surface area contributed by atoms with Crippen molar-refractivity contribution >= 4 is 29.2 Å². The van der Waals surface area contributed by atoms with E-state index < -0.39 is 40.6 Å². The number of carbonyl (C=O) groups is 1. The zero-order valence-electron chi connectivity index (χ0n) is 14.0. The summed E-state index contributed by atoms with van der Waals surface area (Å²) in [6.07, 6.45) is -4.69. The molecule has 0 fully saturated rings. The molecule has 0 bridgehead atoms. The molecule has 0 aliphatic rings. The Kier molecular flexibility index (Phi) is 6.23. The van der Waals surface area contributed by atoms with E-state index in [1.807, 2.05) is 0 Å². The number of hydrogen-bond donors (Lipinski definition) is 1. The molecule has 0 aliphatic heterocycles. The van der Waals surface area contributed by atoms with Crippen LogP contribution < -0.4 is 5.69 Å². The maximum atomic E-state index is 14.3. The number of rotatable bonds is 6. The van der Waals surface area contributed by atoms with E-state index in [9.17, 15) is 22.8 Å². The van der Waals surface area contributed by atoms with Crippen LogP contribution in [0.1, 0.15) is 18.3 Å². The van der Waals surface area contributed by atoms with Gasteiger partial charge in [-0.05, 0) is 31.5 Å². The number of esters is 1. The predicted octanol–water partition coefficient (Wildman–Crippen LogP) is 2.35. The largest absolute Gasteiger partial charge is 0.465 e. The van der Waals surface area contributed by atoms with Crippen molar-refractivity contribution in [1.82, 2.24) is 14.3 Å². The highest BCUT2D eigenvalue weighted by Crippen LogP contribution is 2.26. The first-order valence-corrected chi connectivity index (χ1v) is 8.37. The molecule has 0 aliphatic carbocycles. The van der Waals surface area contributed by atoms with Gasteiger partial charge in [0.25, 0.3) is 0 Å². The summed E-state index contributed by atoms with van der Waals surface area (Å²) in [5, 5.41) is 11.1. The highest BCUT2D eigenvalue weighted by atomic mass is 35.5. The fourth-order valence-corrected chi connectivity index (χ4v) is 2.80. The van der Waals surface area contributed by atoms with Gasteiger partial charge >= 0.3 is 17.9 Å². The Morgan fingerprint density at radius 1 is 1.44 bits per heavy atom. The van der Waals surface area contributed by atoms with E-state index in [-0.39, 0.29) is 28.2 Å². The molecule has 1 heterocycles. The fourth-order valence-electron chi connectivity index (χ4n) is 2.34. The van der Waals surface area contributed by atoms with Gasteiger partial charge in [0.2, 0.25) is 0 Å². The van der Waals surface area contributed by atoms with Gasteiger partial charge in [-0.1, -0.05) is 11.6 Å². The van der Waals surface area contributed by atoms with Crippen molar-refractivity contribution < 1.29 is 27.8 Å². The Morgan fingerprint density at radius 2 is 2.07 bits per heavy atom. The summed E-state index contributed by atoms with van der Waals surface area (Å²) >= 11 is 11.9. The standard InChI is InChI=1S/C15H14Cl2F3N3O4/c1-3-27-13(24)10(17)4-8-5-12(11(18)6-9(8)16)23-14(25)22(7(2)21-23)15(19,20)26/h5-6,10,26H,3-4H2,1-2H3. The minimum atomic E-state index is -4.52. The van der Waals surface area contributed by atoms with Gasteiger partial charge in [0.1, 0.15) is 16.9 Å². The molecule has 0 saturated carbocycles. The molecule has 1 N–H and O–H groups in total. The van der Waals surface area contributed by atoms with Crippen molar-refractivity contribution in [2.75, 3.05) is 6.61 Å². The van der Waals surface area contributed by atoms with Crippen LogP contribution in [0, 0.1) is 12.7 Å². The molecular formula is C15H14Cl2F3N3O4. The molecular weight excluding hydrogens is 414 g/mol. The van der Waals surface area contributed by atoms with Crippen molar-refractivity contribution in [3.8, 4) is 5.69 Å². The average Bonchev–Trinajstić information content (AvgIpc) is 2.84. The molecule has 12 heteroatoms. The molecule has 0 radical (unpaired) electrons. The fraction of sp³-hybridized carbons (Fsp3) is 0.400. The Hall–Kier alpha value is -2.04. The van der Waals surface area contributed by atoms with Gasteiger partial charge in [0.05, 0.1) is 6.61 Å². The number of aromatic nitrogens is 3. The summed E-state index contributed by atoms with van der Waals surface area (Å²) in [5.74, 6) is -2.30. The van der Waals surface area contributed by atoms with Gasteiger partial charge in [-0.3, -0.25) is 4.79 Å². The highest BCUT2D eigenvalue weighted by molar-refractivity contribution is 6.32. The smallest absolute Gasteiger partial charge is 0.455 e. The van der Waals surface area contributed by atoms with E-state index in [1.165, 1.54) is 0 Å². The number of aliphatic hydroxyl groups is 1. The second-order valence-electron chi connectivity index (χ2n) is 5.41. The Bertz CT molecular complexity index is 924. The Morgan fingerprint density at radius 3 is 2.59 bits per heavy atom. The van der Waals surface area contributed by atoms with E-state index in [2.05, 4.69) is 5.10 Å². The van der Waals surface area contributed by atoms with Crippen molar-refractivity contribution in [2.45, 2.75) is 31.9 Å². The number of aryl methyl sites for hydroxylation is 1. The number of carbonyl (C=O) groups excluding carboxylic acids is 1. The van der Waals surface area contributed by atoms with E-state index in [0.29, 0.717) is 4.68 Å². The summed E-state index contributed by atoms with van der Waals surface area (Å²) < 4.78 is 45.4. The molecule has 1 aromatic heterocycles. The van der Waals surface area contributed by atoms with Crippen molar-refractivity contribution in [3.05, 3.63) is 44.8 Å². The number of benzene rings is 1. The van der Waals surface area contributed by atoms with Crippen molar-refractivity contribution in [2.24, 2.45) is 0 Å². The molecule has 1 atom stereocenters. The third kappa shape index (κ3) is 4.45. The summed E-state index contributed by atoms with van der Waals surface area (Å²) in [6, 6.07) is 1.89. The summed E-state index contributed by atoms with van der Waals surface area (Å²) in [7, 11) is 0. The van der Waals surface area contributed by atoms with Crippen LogP contribution in [0.2, 0.25) is 5.02 Å². The van der Waals surface area contributed by atoms with Crippen molar-refractivity contribution in [3.63, 3.8) is 0 Å². The average molecular weight is 428 g/mol. The molecule has 0 spiro atoms. The minimum absolute atomic E-state index is 0.0945. The SMILES string of the molecule is CCOC(=O)C(Cl)Cc1cc(-n2nc(C)n(C(O)(F)F)c2=O)c(F)cc1Cl. The lowest BCUT2D eigenvalue weighted by molar-refractivity contribution is -0.271.